The van der Waals surface area contributed by atoms with E-state index < -0.39 is 0 Å². The van der Waals surface area contributed by atoms with Gasteiger partial charge in [0.1, 0.15) is 5.78 Å². The molecule has 106 valence electrons. The third kappa shape index (κ3) is 2.14. The first-order chi connectivity index (χ1) is 8.14. The molecule has 3 unspecified atom stereocenters. The molecule has 0 aromatic rings. The Morgan fingerprint density at radius 2 is 1.67 bits per heavy atom. The molecule has 0 aromatic heterocycles. The Bertz CT molecular complexity index is 318. The van der Waals surface area contributed by atoms with E-state index in [0.29, 0.717) is 16.6 Å². The summed E-state index contributed by atoms with van der Waals surface area (Å²) in [4.78, 5) is 11.4. The van der Waals surface area contributed by atoms with Crippen LogP contribution in [0, 0.1) is 22.2 Å². The number of hydrogen-bond donors (Lipinski definition) is 0. The van der Waals surface area contributed by atoms with Crippen LogP contribution in [0.1, 0.15) is 80.6 Å². The maximum absolute atomic E-state index is 11.4. The lowest BCUT2D eigenvalue weighted by molar-refractivity contribution is -0.121. The molecule has 2 saturated carbocycles. The van der Waals surface area contributed by atoms with Crippen molar-refractivity contribution >= 4 is 5.78 Å². The molecule has 0 N–H and O–H groups in total. The quantitative estimate of drug-likeness (QED) is 0.657. The van der Waals surface area contributed by atoms with Crippen LogP contribution in [-0.2, 0) is 4.79 Å². The summed E-state index contributed by atoms with van der Waals surface area (Å²) >= 11 is 0. The van der Waals surface area contributed by atoms with E-state index in [0.717, 1.165) is 12.3 Å². The van der Waals surface area contributed by atoms with Crippen LogP contribution in [0.4, 0.5) is 0 Å². The van der Waals surface area contributed by atoms with Gasteiger partial charge in [0.25, 0.3) is 0 Å². The molecule has 2 bridgehead atoms. The topological polar surface area (TPSA) is 17.1 Å². The molecule has 2 fully saturated rings. The largest absolute Gasteiger partial charge is 0.300 e. The Morgan fingerprint density at radius 1 is 1.17 bits per heavy atom. The number of ketones is 1. The Morgan fingerprint density at radius 3 is 1.94 bits per heavy atom. The third-order valence-corrected chi connectivity index (χ3v) is 6.10. The summed E-state index contributed by atoms with van der Waals surface area (Å²) < 4.78 is 0. The normalized spacial score (nSPS) is 40.3. The Labute approximate surface area is 114 Å². The van der Waals surface area contributed by atoms with E-state index in [4.69, 9.17) is 0 Å². The van der Waals surface area contributed by atoms with E-state index in [2.05, 4.69) is 41.5 Å². The molecule has 0 aliphatic heterocycles. The first-order valence-electron chi connectivity index (χ1n) is 7.64. The molecule has 3 atom stereocenters. The van der Waals surface area contributed by atoms with E-state index >= 15 is 0 Å². The van der Waals surface area contributed by atoms with E-state index in [-0.39, 0.29) is 5.41 Å². The highest BCUT2D eigenvalue weighted by Crippen LogP contribution is 2.74. The van der Waals surface area contributed by atoms with Gasteiger partial charge in [0.15, 0.2) is 0 Å². The lowest BCUT2D eigenvalue weighted by atomic mass is 9.58. The summed E-state index contributed by atoms with van der Waals surface area (Å²) in [5.41, 5.74) is 1.05. The monoisotopic (exact) mass is 252 g/mol. The molecule has 2 aliphatic carbocycles. The molecule has 2 aliphatic rings. The highest BCUT2D eigenvalue weighted by atomic mass is 16.1. The average molecular weight is 252 g/mol. The molecule has 0 spiro atoms. The second kappa shape index (κ2) is 4.98. The maximum Gasteiger partial charge on any atom is 0.130 e. The highest BCUT2D eigenvalue weighted by Gasteiger charge is 2.66. The van der Waals surface area contributed by atoms with Gasteiger partial charge in [0, 0.05) is 6.42 Å². The highest BCUT2D eigenvalue weighted by molar-refractivity contribution is 5.76. The molecule has 1 nitrogen and oxygen atoms in total. The summed E-state index contributed by atoms with van der Waals surface area (Å²) in [6, 6.07) is 0. The minimum atomic E-state index is 0.255. The Balaban J connectivity index is 0.000000492. The molecule has 1 heteroatoms. The number of carbonyl (C=O) groups excluding carboxylic acids is 1. The van der Waals surface area contributed by atoms with E-state index in [1.807, 2.05) is 0 Å². The van der Waals surface area contributed by atoms with Crippen LogP contribution < -0.4 is 0 Å². The predicted octanol–water partition coefficient (Wildman–Crippen LogP) is 5.23. The van der Waals surface area contributed by atoms with Crippen LogP contribution in [-0.4, -0.2) is 5.78 Å². The third-order valence-electron chi connectivity index (χ3n) is 6.10. The van der Waals surface area contributed by atoms with Gasteiger partial charge in [-0.15, -0.1) is 0 Å². The second-order valence-electron chi connectivity index (χ2n) is 7.64. The summed E-state index contributed by atoms with van der Waals surface area (Å²) in [5.74, 6) is 1.20. The lowest BCUT2D eigenvalue weighted by Gasteiger charge is -2.46. The standard InChI is InChI=1S/C14H24O.C3H8/c1-10(15)8-13(4)9-11-6-7-14(13,5)12(11,2)3;1-3-2/h11H,6-9H2,1-5H3;3H2,1-2H3. The minimum absolute atomic E-state index is 0.255. The van der Waals surface area contributed by atoms with Crippen LogP contribution in [0.2, 0.25) is 0 Å². The zero-order chi connectivity index (χ0) is 14.2. The fourth-order valence-electron chi connectivity index (χ4n) is 4.62. The van der Waals surface area contributed by atoms with Crippen molar-refractivity contribution in [2.24, 2.45) is 22.2 Å². The molecule has 0 heterocycles. The van der Waals surface area contributed by atoms with Gasteiger partial charge in [-0.1, -0.05) is 48.0 Å². The van der Waals surface area contributed by atoms with E-state index in [9.17, 15) is 4.79 Å². The van der Waals surface area contributed by atoms with Gasteiger partial charge in [0.05, 0.1) is 0 Å². The first kappa shape index (κ1) is 15.7. The fraction of sp³-hybridized carbons (Fsp3) is 0.941. The molecule has 0 radical (unpaired) electrons. The van der Waals surface area contributed by atoms with Crippen molar-refractivity contribution in [1.82, 2.24) is 0 Å². The number of rotatable bonds is 2. The molecular formula is C17H32O. The SMILES string of the molecule is CC(=O)CC1(C)CC2CCC1(C)C2(C)C.CCC. The summed E-state index contributed by atoms with van der Waals surface area (Å²) in [7, 11) is 0. The van der Waals surface area contributed by atoms with Crippen molar-refractivity contribution in [3.8, 4) is 0 Å². The van der Waals surface area contributed by atoms with Gasteiger partial charge >= 0.3 is 0 Å². The lowest BCUT2D eigenvalue weighted by Crippen LogP contribution is -2.40. The number of carbonyl (C=O) groups is 1. The van der Waals surface area contributed by atoms with Crippen LogP contribution in [0.5, 0.6) is 0 Å². The van der Waals surface area contributed by atoms with Gasteiger partial charge in [-0.3, -0.25) is 0 Å². The average Bonchev–Trinajstić information content (AvgIpc) is 2.49. The number of fused-ring (bicyclic) bond motifs is 2. The van der Waals surface area contributed by atoms with Crippen molar-refractivity contribution in [3.63, 3.8) is 0 Å². The fourth-order valence-corrected chi connectivity index (χ4v) is 4.62. The van der Waals surface area contributed by atoms with Crippen molar-refractivity contribution in [2.75, 3.05) is 0 Å². The van der Waals surface area contributed by atoms with Crippen LogP contribution >= 0.6 is 0 Å². The zero-order valence-corrected chi connectivity index (χ0v) is 13.5. The van der Waals surface area contributed by atoms with Crippen LogP contribution in [0.15, 0.2) is 0 Å². The van der Waals surface area contributed by atoms with Crippen LogP contribution in [0.25, 0.3) is 0 Å². The van der Waals surface area contributed by atoms with Crippen molar-refractivity contribution in [2.45, 2.75) is 80.6 Å². The van der Waals surface area contributed by atoms with E-state index in [1.54, 1.807) is 6.92 Å². The van der Waals surface area contributed by atoms with Gasteiger partial charge in [-0.2, -0.15) is 0 Å². The predicted molar refractivity (Wildman–Crippen MR) is 78.6 cm³/mol. The minimum Gasteiger partial charge on any atom is -0.300 e. The van der Waals surface area contributed by atoms with Crippen molar-refractivity contribution < 1.29 is 4.79 Å². The molecule has 2 rings (SSSR count). The number of hydrogen-bond acceptors (Lipinski definition) is 1. The Kier molecular flexibility index (Phi) is 4.35. The summed E-state index contributed by atoms with van der Waals surface area (Å²) in [6.45, 7) is 15.6. The first-order valence-corrected chi connectivity index (χ1v) is 7.64. The van der Waals surface area contributed by atoms with Gasteiger partial charge in [0.2, 0.25) is 0 Å². The van der Waals surface area contributed by atoms with Gasteiger partial charge in [-0.25, -0.2) is 0 Å². The summed E-state index contributed by atoms with van der Waals surface area (Å²) in [5, 5.41) is 0. The van der Waals surface area contributed by atoms with Crippen LogP contribution in [0.3, 0.4) is 0 Å². The Hall–Kier alpha value is -0.330. The molecular weight excluding hydrogens is 220 g/mol. The van der Waals surface area contributed by atoms with Crippen molar-refractivity contribution in [3.05, 3.63) is 0 Å². The molecule has 0 saturated heterocycles. The molecule has 0 amide bonds. The zero-order valence-electron chi connectivity index (χ0n) is 13.5. The van der Waals surface area contributed by atoms with E-state index in [1.165, 1.54) is 25.7 Å². The smallest absolute Gasteiger partial charge is 0.130 e. The maximum atomic E-state index is 11.4. The molecule has 18 heavy (non-hydrogen) atoms. The van der Waals surface area contributed by atoms with Gasteiger partial charge in [-0.05, 0) is 48.3 Å². The van der Waals surface area contributed by atoms with Gasteiger partial charge < -0.3 is 4.79 Å². The molecule has 0 aromatic carbocycles. The summed E-state index contributed by atoms with van der Waals surface area (Å²) in [6.07, 6.45) is 5.98. The number of Topliss-reactive ketones (excluding diaryl/α,β-unsaturated/α-hetero) is 1. The van der Waals surface area contributed by atoms with Crippen molar-refractivity contribution in [1.29, 1.82) is 0 Å². The second-order valence-corrected chi connectivity index (χ2v) is 7.64.